The van der Waals surface area contributed by atoms with Crippen LogP contribution in [0, 0.1) is 12.7 Å². The van der Waals surface area contributed by atoms with Crippen LogP contribution in [0.25, 0.3) is 10.2 Å². The molecule has 3 atom stereocenters. The van der Waals surface area contributed by atoms with Gasteiger partial charge in [-0.25, -0.2) is 14.4 Å². The van der Waals surface area contributed by atoms with Gasteiger partial charge in [-0.1, -0.05) is 6.07 Å². The molecule has 192 valence electrons. The summed E-state index contributed by atoms with van der Waals surface area (Å²) in [5.74, 6) is 0.217. The van der Waals surface area contributed by atoms with Gasteiger partial charge in [0.15, 0.2) is 0 Å². The number of anilines is 2. The van der Waals surface area contributed by atoms with E-state index in [-0.39, 0.29) is 35.5 Å². The number of nitrogens with zero attached hydrogens (tertiary/aromatic N) is 3. The lowest BCUT2D eigenvalue weighted by Gasteiger charge is -2.26. The zero-order valence-electron chi connectivity index (χ0n) is 20.4. The zero-order chi connectivity index (χ0) is 25.4. The number of nitrogens with one attached hydrogen (secondary N) is 1. The molecule has 1 fully saturated rings. The molecule has 9 nitrogen and oxygen atoms in total. The van der Waals surface area contributed by atoms with Crippen LogP contribution in [-0.4, -0.2) is 67.5 Å². The number of amides is 1. The van der Waals surface area contributed by atoms with Crippen molar-refractivity contribution in [1.29, 1.82) is 0 Å². The number of carbonyl (C=O) groups excluding carboxylic acids is 1. The van der Waals surface area contributed by atoms with Gasteiger partial charge in [0.2, 0.25) is 0 Å². The fourth-order valence-corrected chi connectivity index (χ4v) is 5.89. The Labute approximate surface area is 213 Å². The summed E-state index contributed by atoms with van der Waals surface area (Å²) in [7, 11) is 1.65. The lowest BCUT2D eigenvalue weighted by molar-refractivity contribution is 0.0212. The second kappa shape index (κ2) is 10.3. The molecule has 0 aromatic carbocycles. The van der Waals surface area contributed by atoms with E-state index in [1.165, 1.54) is 17.4 Å². The number of nitrogen functional groups attached to an aromatic ring is 1. The summed E-state index contributed by atoms with van der Waals surface area (Å²) in [5, 5.41) is 3.58. The number of aryl methyl sites for hydroxylation is 2. The van der Waals surface area contributed by atoms with Crippen molar-refractivity contribution >= 4 is 39.0 Å². The zero-order valence-corrected chi connectivity index (χ0v) is 21.2. The maximum atomic E-state index is 13.9. The van der Waals surface area contributed by atoms with Gasteiger partial charge in [0.1, 0.15) is 21.3 Å². The molecule has 1 saturated heterocycles. The van der Waals surface area contributed by atoms with Crippen molar-refractivity contribution in [2.75, 3.05) is 44.0 Å². The molecule has 36 heavy (non-hydrogen) atoms. The Hall–Kier alpha value is -2.86. The Kier molecular flexibility index (Phi) is 7.07. The minimum atomic E-state index is -0.431. The molecule has 1 aliphatic carbocycles. The van der Waals surface area contributed by atoms with Gasteiger partial charge < -0.3 is 31.2 Å². The Morgan fingerprint density at radius 3 is 2.94 bits per heavy atom. The Bertz CT molecular complexity index is 1280. The van der Waals surface area contributed by atoms with Crippen LogP contribution >= 0.6 is 11.3 Å². The number of halogens is 1. The number of hydrogen-bond acceptors (Lipinski definition) is 9. The van der Waals surface area contributed by atoms with Gasteiger partial charge >= 0.3 is 0 Å². The maximum absolute atomic E-state index is 13.9. The molecule has 0 saturated carbocycles. The first kappa shape index (κ1) is 24.8. The van der Waals surface area contributed by atoms with E-state index in [2.05, 4.69) is 21.3 Å². The molecular weight excluding hydrogens is 483 g/mol. The molecule has 3 aromatic heterocycles. The molecule has 1 amide bonds. The van der Waals surface area contributed by atoms with Crippen LogP contribution in [0.15, 0.2) is 18.2 Å². The van der Waals surface area contributed by atoms with E-state index < -0.39 is 5.82 Å². The molecule has 5 N–H and O–H groups in total. The third-order valence-electron chi connectivity index (χ3n) is 6.89. The van der Waals surface area contributed by atoms with E-state index in [0.29, 0.717) is 47.8 Å². The Morgan fingerprint density at radius 2 is 2.14 bits per heavy atom. The highest BCUT2D eigenvalue weighted by atomic mass is 32.1. The van der Waals surface area contributed by atoms with Crippen LogP contribution in [0.2, 0.25) is 0 Å². The summed E-state index contributed by atoms with van der Waals surface area (Å²) >= 11 is 1.19. The first-order chi connectivity index (χ1) is 17.3. The highest BCUT2D eigenvalue weighted by Crippen LogP contribution is 2.34. The number of methoxy groups -OCH3 is 1. The maximum Gasteiger partial charge on any atom is 0.263 e. The van der Waals surface area contributed by atoms with Crippen molar-refractivity contribution in [2.45, 2.75) is 44.4 Å². The van der Waals surface area contributed by atoms with Crippen molar-refractivity contribution in [2.24, 2.45) is 5.73 Å². The molecule has 2 aliphatic rings. The summed E-state index contributed by atoms with van der Waals surface area (Å²) < 4.78 is 24.9. The normalized spacial score (nSPS) is 21.7. The van der Waals surface area contributed by atoms with E-state index in [1.54, 1.807) is 14.0 Å². The van der Waals surface area contributed by atoms with Gasteiger partial charge in [0.25, 0.3) is 5.91 Å². The van der Waals surface area contributed by atoms with Gasteiger partial charge in [-0.2, -0.15) is 0 Å². The first-order valence-electron chi connectivity index (χ1n) is 12.1. The number of pyridine rings is 2. The molecule has 1 aliphatic heterocycles. The topological polar surface area (TPSA) is 129 Å². The highest BCUT2D eigenvalue weighted by Gasteiger charge is 2.32. The monoisotopic (exact) mass is 514 g/mol. The fourth-order valence-electron chi connectivity index (χ4n) is 4.87. The van der Waals surface area contributed by atoms with Crippen molar-refractivity contribution in [1.82, 2.24) is 15.3 Å². The molecule has 4 heterocycles. The number of thiophene rings is 1. The fraction of sp³-hybridized carbons (Fsp3) is 0.480. The number of hydrogen-bond donors (Lipinski definition) is 3. The van der Waals surface area contributed by atoms with Crippen molar-refractivity contribution in [3.63, 3.8) is 0 Å². The van der Waals surface area contributed by atoms with E-state index in [1.807, 2.05) is 6.07 Å². The molecule has 3 unspecified atom stereocenters. The van der Waals surface area contributed by atoms with E-state index in [4.69, 9.17) is 25.9 Å². The average Bonchev–Trinajstić information content (AvgIpc) is 3.39. The molecule has 0 radical (unpaired) electrons. The third-order valence-corrected chi connectivity index (χ3v) is 8.01. The van der Waals surface area contributed by atoms with E-state index in [0.717, 1.165) is 29.9 Å². The van der Waals surface area contributed by atoms with Gasteiger partial charge in [-0.15, -0.1) is 11.3 Å². The second-order valence-corrected chi connectivity index (χ2v) is 10.4. The molecular formula is C25H31FN6O3S. The van der Waals surface area contributed by atoms with Crippen molar-refractivity contribution in [3.8, 4) is 0 Å². The van der Waals surface area contributed by atoms with Crippen LogP contribution in [-0.2, 0) is 22.3 Å². The number of rotatable bonds is 7. The van der Waals surface area contributed by atoms with Crippen molar-refractivity contribution in [3.05, 3.63) is 45.8 Å². The predicted molar refractivity (Wildman–Crippen MR) is 138 cm³/mol. The Morgan fingerprint density at radius 1 is 1.31 bits per heavy atom. The molecule has 11 heteroatoms. The van der Waals surface area contributed by atoms with Crippen LogP contribution in [0.3, 0.4) is 0 Å². The van der Waals surface area contributed by atoms with Crippen molar-refractivity contribution < 1.29 is 18.7 Å². The number of fused-ring (bicyclic) bond motifs is 2. The molecule has 0 bridgehead atoms. The first-order valence-corrected chi connectivity index (χ1v) is 12.9. The number of nitrogens with two attached hydrogens (primary N) is 2. The SMILES string of the molecule is COCCOC1CN(c2ccc3c(n2)CCC(NC(=O)c2sc4nc(C)c(F)cc4c2N)C3)CC1N. The predicted octanol–water partition coefficient (Wildman–Crippen LogP) is 2.19. The van der Waals surface area contributed by atoms with Crippen LogP contribution in [0.1, 0.15) is 33.0 Å². The quantitative estimate of drug-likeness (QED) is 0.409. The average molecular weight is 515 g/mol. The minimum absolute atomic E-state index is 0.0348. The number of aromatic nitrogens is 2. The van der Waals surface area contributed by atoms with E-state index in [9.17, 15) is 9.18 Å². The van der Waals surface area contributed by atoms with Crippen LogP contribution in [0.4, 0.5) is 15.9 Å². The summed E-state index contributed by atoms with van der Waals surface area (Å²) in [4.78, 5) is 25.3. The largest absolute Gasteiger partial charge is 0.397 e. The number of ether oxygens (including phenoxy) is 2. The summed E-state index contributed by atoms with van der Waals surface area (Å²) in [6, 6.07) is 5.34. The molecule has 0 spiro atoms. The third kappa shape index (κ3) is 4.88. The van der Waals surface area contributed by atoms with Gasteiger partial charge in [0.05, 0.1) is 36.7 Å². The summed E-state index contributed by atoms with van der Waals surface area (Å²) in [6.45, 7) is 4.05. The molecule has 5 rings (SSSR count). The lowest BCUT2D eigenvalue weighted by Crippen LogP contribution is -2.39. The van der Waals surface area contributed by atoms with Gasteiger partial charge in [0, 0.05) is 37.3 Å². The minimum Gasteiger partial charge on any atom is -0.397 e. The van der Waals surface area contributed by atoms with E-state index >= 15 is 0 Å². The van der Waals surface area contributed by atoms with Gasteiger partial charge in [-0.3, -0.25) is 4.79 Å². The van der Waals surface area contributed by atoms with Crippen LogP contribution < -0.4 is 21.7 Å². The second-order valence-electron chi connectivity index (χ2n) is 9.41. The summed E-state index contributed by atoms with van der Waals surface area (Å²) in [5.41, 5.74) is 15.2. The Balaban J connectivity index is 1.23. The summed E-state index contributed by atoms with van der Waals surface area (Å²) in [6.07, 6.45) is 2.17. The number of carbonyl (C=O) groups is 1. The van der Waals surface area contributed by atoms with Gasteiger partial charge in [-0.05, 0) is 43.9 Å². The van der Waals surface area contributed by atoms with Crippen LogP contribution in [0.5, 0.6) is 0 Å². The standard InChI is InChI=1S/C25H31FN6O3S/c1-13-17(26)10-16-22(28)23(36-25(16)29-13)24(33)30-15-4-5-19-14(9-15)3-6-21(31-19)32-11-18(27)20(12-32)35-8-7-34-2/h3,6,10,15,18,20H,4-5,7-9,11-12,27-28H2,1-2H3,(H,30,33). The molecule has 3 aromatic rings. The highest BCUT2D eigenvalue weighted by molar-refractivity contribution is 7.21. The lowest BCUT2D eigenvalue weighted by atomic mass is 9.91. The smallest absolute Gasteiger partial charge is 0.263 e.